The summed E-state index contributed by atoms with van der Waals surface area (Å²) in [7, 11) is 2.01. The first-order chi connectivity index (χ1) is 14.1. The first-order valence-corrected chi connectivity index (χ1v) is 10.7. The van der Waals surface area contributed by atoms with Crippen molar-refractivity contribution in [3.8, 4) is 5.75 Å². The Balaban J connectivity index is 1.57. The summed E-state index contributed by atoms with van der Waals surface area (Å²) in [5.74, 6) is 2.97. The van der Waals surface area contributed by atoms with Crippen molar-refractivity contribution in [3.05, 3.63) is 41.5 Å². The first kappa shape index (κ1) is 22.1. The normalized spacial score (nSPS) is 20.5. The summed E-state index contributed by atoms with van der Waals surface area (Å²) >= 11 is 0. The highest BCUT2D eigenvalue weighted by Gasteiger charge is 2.29. The fraction of sp³-hybridized carbons (Fsp3) is 0.609. The molecule has 1 aliphatic carbocycles. The topological polar surface area (TPSA) is 78.3 Å². The van der Waals surface area contributed by atoms with Gasteiger partial charge < -0.3 is 19.4 Å². The summed E-state index contributed by atoms with van der Waals surface area (Å²) in [4.78, 5) is 12.0. The third-order valence-corrected chi connectivity index (χ3v) is 5.42. The molecule has 1 aromatic carbocycles. The average Bonchev–Trinajstić information content (AvgIpc) is 3.02. The Bertz CT molecular complexity index is 864. The maximum atomic E-state index is 12.0. The fourth-order valence-corrected chi connectivity index (χ4v) is 3.98. The number of hydrogen-bond donors (Lipinski definition) is 1. The van der Waals surface area contributed by atoms with Crippen molar-refractivity contribution in [2.45, 2.75) is 84.0 Å². The van der Waals surface area contributed by atoms with E-state index in [2.05, 4.69) is 20.1 Å². The fourth-order valence-electron chi connectivity index (χ4n) is 3.98. The van der Waals surface area contributed by atoms with Gasteiger partial charge >= 0.3 is 6.09 Å². The number of carbonyl (C=O) groups excluding carboxylic acids is 1. The highest BCUT2D eigenvalue weighted by Crippen LogP contribution is 2.33. The second-order valence-electron chi connectivity index (χ2n) is 9.25. The van der Waals surface area contributed by atoms with Gasteiger partial charge in [0.25, 0.3) is 0 Å². The molecular formula is C23H34N4O3. The van der Waals surface area contributed by atoms with E-state index >= 15 is 0 Å². The average molecular weight is 415 g/mol. The van der Waals surface area contributed by atoms with Gasteiger partial charge in [-0.15, -0.1) is 10.2 Å². The minimum absolute atomic E-state index is 0.146. The lowest BCUT2D eigenvalue weighted by Gasteiger charge is -2.29. The maximum absolute atomic E-state index is 12.0. The van der Waals surface area contributed by atoms with Gasteiger partial charge in [0.15, 0.2) is 11.9 Å². The van der Waals surface area contributed by atoms with Gasteiger partial charge in [-0.25, -0.2) is 4.79 Å². The molecule has 1 aliphatic rings. The van der Waals surface area contributed by atoms with Crippen LogP contribution in [0.2, 0.25) is 0 Å². The molecule has 1 fully saturated rings. The number of hydrogen-bond acceptors (Lipinski definition) is 5. The molecule has 1 amide bonds. The van der Waals surface area contributed by atoms with Crippen LogP contribution in [0.15, 0.2) is 24.3 Å². The summed E-state index contributed by atoms with van der Waals surface area (Å²) in [6, 6.07) is 8.16. The summed E-state index contributed by atoms with van der Waals surface area (Å²) < 4.78 is 13.5. The molecule has 1 atom stereocenters. The predicted octanol–water partition coefficient (Wildman–Crippen LogP) is 4.81. The largest absolute Gasteiger partial charge is 0.483 e. The molecule has 30 heavy (non-hydrogen) atoms. The van der Waals surface area contributed by atoms with E-state index in [0.29, 0.717) is 5.92 Å². The molecule has 0 saturated heterocycles. The van der Waals surface area contributed by atoms with Crippen molar-refractivity contribution in [3.63, 3.8) is 0 Å². The molecule has 0 bridgehead atoms. The molecule has 2 aromatic rings. The van der Waals surface area contributed by atoms with Gasteiger partial charge in [-0.1, -0.05) is 12.1 Å². The lowest BCUT2D eigenvalue weighted by Crippen LogP contribution is -2.40. The molecule has 0 aliphatic heterocycles. The van der Waals surface area contributed by atoms with E-state index in [4.69, 9.17) is 9.47 Å². The number of nitrogens with zero attached hydrogens (tertiary/aromatic N) is 3. The van der Waals surface area contributed by atoms with Crippen molar-refractivity contribution in [2.24, 2.45) is 7.05 Å². The lowest BCUT2D eigenvalue weighted by molar-refractivity contribution is 0.0491. The van der Waals surface area contributed by atoms with Gasteiger partial charge in [0, 0.05) is 19.0 Å². The Morgan fingerprint density at radius 1 is 1.20 bits per heavy atom. The summed E-state index contributed by atoms with van der Waals surface area (Å²) in [6.07, 6.45) is 3.19. The van der Waals surface area contributed by atoms with Crippen molar-refractivity contribution < 1.29 is 14.3 Å². The molecule has 1 heterocycles. The Morgan fingerprint density at radius 2 is 1.90 bits per heavy atom. The Morgan fingerprint density at radius 3 is 2.53 bits per heavy atom. The van der Waals surface area contributed by atoms with E-state index in [1.165, 1.54) is 0 Å². The Hall–Kier alpha value is -2.57. The van der Waals surface area contributed by atoms with Crippen LogP contribution in [0.3, 0.4) is 0 Å². The van der Waals surface area contributed by atoms with Crippen LogP contribution >= 0.6 is 0 Å². The van der Waals surface area contributed by atoms with E-state index in [0.717, 1.165) is 48.6 Å². The predicted molar refractivity (Wildman–Crippen MR) is 116 cm³/mol. The van der Waals surface area contributed by atoms with Gasteiger partial charge in [0.1, 0.15) is 17.2 Å². The van der Waals surface area contributed by atoms with Crippen molar-refractivity contribution in [1.29, 1.82) is 0 Å². The van der Waals surface area contributed by atoms with Crippen LogP contribution in [0, 0.1) is 6.92 Å². The molecular weight excluding hydrogens is 380 g/mol. The summed E-state index contributed by atoms with van der Waals surface area (Å²) in [5, 5.41) is 11.9. The molecule has 164 valence electrons. The molecule has 7 heteroatoms. The highest BCUT2D eigenvalue weighted by molar-refractivity contribution is 5.68. The van der Waals surface area contributed by atoms with E-state index in [9.17, 15) is 4.79 Å². The zero-order valence-electron chi connectivity index (χ0n) is 18.9. The van der Waals surface area contributed by atoms with E-state index < -0.39 is 5.60 Å². The summed E-state index contributed by atoms with van der Waals surface area (Å²) in [6.45, 7) is 9.67. The Kier molecular flexibility index (Phi) is 6.68. The van der Waals surface area contributed by atoms with Crippen LogP contribution in [0.25, 0.3) is 0 Å². The third kappa shape index (κ3) is 5.74. The number of aromatic nitrogens is 3. The maximum Gasteiger partial charge on any atom is 0.407 e. The van der Waals surface area contributed by atoms with Crippen LogP contribution in [0.4, 0.5) is 4.79 Å². The zero-order chi connectivity index (χ0) is 21.9. The van der Waals surface area contributed by atoms with Gasteiger partial charge in [-0.3, -0.25) is 0 Å². The van der Waals surface area contributed by atoms with E-state index in [1.807, 2.05) is 65.9 Å². The number of alkyl carbamates (subject to hydrolysis) is 1. The van der Waals surface area contributed by atoms with Crippen LogP contribution in [0.5, 0.6) is 5.75 Å². The molecule has 0 spiro atoms. The second kappa shape index (κ2) is 9.06. The minimum Gasteiger partial charge on any atom is -0.483 e. The van der Waals surface area contributed by atoms with Gasteiger partial charge in [0.2, 0.25) is 0 Å². The quantitative estimate of drug-likeness (QED) is 0.759. The molecule has 0 unspecified atom stereocenters. The Labute approximate surface area is 179 Å². The number of ether oxygens (including phenoxy) is 2. The molecule has 0 radical (unpaired) electrons. The van der Waals surface area contributed by atoms with Gasteiger partial charge in [-0.2, -0.15) is 0 Å². The van der Waals surface area contributed by atoms with E-state index in [-0.39, 0.29) is 18.2 Å². The number of carbonyl (C=O) groups is 1. The highest BCUT2D eigenvalue weighted by atomic mass is 16.6. The van der Waals surface area contributed by atoms with Gasteiger partial charge in [-0.05, 0) is 78.0 Å². The standard InChI is InChI=1S/C23H34N4O3/c1-15-8-7-9-19(14-15)29-16(2)20-25-26-21(27(20)6)17-10-12-18(13-11-17)24-22(28)30-23(3,4)5/h7-9,14,16-18H,10-13H2,1-6H3,(H,24,28)/t16-,17-,18-/m1/s1. The van der Waals surface area contributed by atoms with Crippen molar-refractivity contribution in [1.82, 2.24) is 20.1 Å². The second-order valence-corrected chi connectivity index (χ2v) is 9.25. The van der Waals surface area contributed by atoms with E-state index in [1.54, 1.807) is 0 Å². The first-order valence-electron chi connectivity index (χ1n) is 10.7. The molecule has 1 N–H and O–H groups in total. The van der Waals surface area contributed by atoms with Crippen LogP contribution < -0.4 is 10.1 Å². The summed E-state index contributed by atoms with van der Waals surface area (Å²) in [5.41, 5.74) is 0.683. The number of amides is 1. The number of aryl methyl sites for hydroxylation is 1. The van der Waals surface area contributed by atoms with Crippen LogP contribution in [0.1, 0.15) is 82.6 Å². The molecule has 1 saturated carbocycles. The van der Waals surface area contributed by atoms with Crippen LogP contribution in [-0.4, -0.2) is 32.5 Å². The van der Waals surface area contributed by atoms with Crippen molar-refractivity contribution in [2.75, 3.05) is 0 Å². The number of nitrogens with one attached hydrogen (secondary N) is 1. The minimum atomic E-state index is -0.479. The molecule has 7 nitrogen and oxygen atoms in total. The monoisotopic (exact) mass is 414 g/mol. The number of benzene rings is 1. The lowest BCUT2D eigenvalue weighted by atomic mass is 9.85. The SMILES string of the molecule is Cc1cccc(O[C@H](C)c2nnc([C@H]3CC[C@H](NC(=O)OC(C)(C)C)CC3)n2C)c1. The van der Waals surface area contributed by atoms with Crippen molar-refractivity contribution >= 4 is 6.09 Å². The van der Waals surface area contributed by atoms with Gasteiger partial charge in [0.05, 0.1) is 0 Å². The number of rotatable bonds is 5. The smallest absolute Gasteiger partial charge is 0.407 e. The molecule has 3 rings (SSSR count). The van der Waals surface area contributed by atoms with Crippen LogP contribution in [-0.2, 0) is 11.8 Å². The third-order valence-electron chi connectivity index (χ3n) is 5.42. The molecule has 1 aromatic heterocycles. The zero-order valence-corrected chi connectivity index (χ0v) is 18.9.